The quantitative estimate of drug-likeness (QED) is 0.522. The van der Waals surface area contributed by atoms with Crippen LogP contribution in [-0.4, -0.2) is 12.6 Å². The van der Waals surface area contributed by atoms with E-state index in [2.05, 4.69) is 5.32 Å². The van der Waals surface area contributed by atoms with Gasteiger partial charge in [-0.2, -0.15) is 5.26 Å². The first-order chi connectivity index (χ1) is 4.43. The highest BCUT2D eigenvalue weighted by molar-refractivity contribution is 5.07. The van der Waals surface area contributed by atoms with E-state index >= 15 is 0 Å². The molecule has 1 unspecified atom stereocenters. The molecule has 0 aromatic carbocycles. The van der Waals surface area contributed by atoms with Gasteiger partial charge in [-0.1, -0.05) is 6.08 Å². The van der Waals surface area contributed by atoms with Crippen LogP contribution >= 0.6 is 0 Å². The zero-order valence-corrected chi connectivity index (χ0v) is 5.30. The van der Waals surface area contributed by atoms with E-state index < -0.39 is 0 Å². The monoisotopic (exact) mass is 122 g/mol. The maximum Gasteiger partial charge on any atom is 0.0909 e. The van der Waals surface area contributed by atoms with Crippen molar-refractivity contribution in [3.05, 3.63) is 12.2 Å². The highest BCUT2D eigenvalue weighted by atomic mass is 14.9. The van der Waals surface area contributed by atoms with Crippen LogP contribution in [0.1, 0.15) is 12.8 Å². The van der Waals surface area contributed by atoms with Gasteiger partial charge in [0.25, 0.3) is 0 Å². The summed E-state index contributed by atoms with van der Waals surface area (Å²) in [5.41, 5.74) is 0. The zero-order valence-electron chi connectivity index (χ0n) is 5.30. The van der Waals surface area contributed by atoms with Crippen molar-refractivity contribution in [3.8, 4) is 6.07 Å². The molecule has 0 amide bonds. The van der Waals surface area contributed by atoms with Crippen LogP contribution in [0, 0.1) is 11.3 Å². The van der Waals surface area contributed by atoms with Crippen LogP contribution in [0.4, 0.5) is 0 Å². The number of hydrogen-bond acceptors (Lipinski definition) is 2. The lowest BCUT2D eigenvalue weighted by Crippen LogP contribution is -2.17. The molecule has 0 bridgehead atoms. The lowest BCUT2D eigenvalue weighted by atomic mass is 10.2. The molecule has 9 heavy (non-hydrogen) atoms. The molecule has 0 radical (unpaired) electrons. The molecule has 0 spiro atoms. The summed E-state index contributed by atoms with van der Waals surface area (Å²) in [6.07, 6.45) is 5.88. The van der Waals surface area contributed by atoms with Crippen LogP contribution in [0.3, 0.4) is 0 Å². The smallest absolute Gasteiger partial charge is 0.0909 e. The lowest BCUT2D eigenvalue weighted by molar-refractivity contribution is 0.728. The zero-order chi connectivity index (χ0) is 6.53. The van der Waals surface area contributed by atoms with E-state index in [1.807, 2.05) is 12.1 Å². The Morgan fingerprint density at radius 1 is 1.67 bits per heavy atom. The molecule has 1 aliphatic rings. The number of allylic oxidation sites excluding steroid dienone is 1. The third kappa shape index (κ3) is 1.87. The Balaban J connectivity index is 2.28. The topological polar surface area (TPSA) is 35.8 Å². The molecule has 0 aromatic heterocycles. The number of nitriles is 1. The van der Waals surface area contributed by atoms with Gasteiger partial charge >= 0.3 is 0 Å². The average molecular weight is 122 g/mol. The standard InChI is InChI=1S/C7H10N2/c8-5-1-3-7-4-2-6-9-7/h1,3,7,9H,2,4,6H2. The molecule has 0 aliphatic carbocycles. The Hall–Kier alpha value is -0.810. The molecule has 1 N–H and O–H groups in total. The van der Waals surface area contributed by atoms with Crippen molar-refractivity contribution in [1.29, 1.82) is 5.26 Å². The lowest BCUT2D eigenvalue weighted by Gasteiger charge is -1.98. The van der Waals surface area contributed by atoms with Gasteiger partial charge in [-0.15, -0.1) is 0 Å². The molecule has 0 aromatic rings. The number of hydrogen-bond donors (Lipinski definition) is 1. The number of nitrogens with one attached hydrogen (secondary N) is 1. The van der Waals surface area contributed by atoms with Crippen molar-refractivity contribution in [1.82, 2.24) is 5.32 Å². The highest BCUT2D eigenvalue weighted by Gasteiger charge is 2.08. The minimum Gasteiger partial charge on any atom is -0.310 e. The van der Waals surface area contributed by atoms with Crippen molar-refractivity contribution in [2.45, 2.75) is 18.9 Å². The number of rotatable bonds is 1. The largest absolute Gasteiger partial charge is 0.310 e. The first-order valence-corrected chi connectivity index (χ1v) is 3.23. The van der Waals surface area contributed by atoms with Gasteiger partial charge < -0.3 is 5.32 Å². The number of nitrogens with zero attached hydrogens (tertiary/aromatic N) is 1. The van der Waals surface area contributed by atoms with E-state index in [9.17, 15) is 0 Å². The summed E-state index contributed by atoms with van der Waals surface area (Å²) in [5, 5.41) is 11.4. The third-order valence-corrected chi connectivity index (χ3v) is 1.50. The van der Waals surface area contributed by atoms with Gasteiger partial charge in [0.15, 0.2) is 0 Å². The Bertz CT molecular complexity index is 137. The Morgan fingerprint density at radius 3 is 3.11 bits per heavy atom. The maximum absolute atomic E-state index is 8.16. The molecular weight excluding hydrogens is 112 g/mol. The van der Waals surface area contributed by atoms with Crippen LogP contribution in [-0.2, 0) is 0 Å². The molecule has 1 atom stereocenters. The van der Waals surface area contributed by atoms with E-state index in [-0.39, 0.29) is 0 Å². The van der Waals surface area contributed by atoms with Gasteiger partial charge in [0.1, 0.15) is 0 Å². The van der Waals surface area contributed by atoms with E-state index in [1.54, 1.807) is 6.08 Å². The fourth-order valence-electron chi connectivity index (χ4n) is 1.03. The van der Waals surface area contributed by atoms with Gasteiger partial charge in [0.2, 0.25) is 0 Å². The normalized spacial score (nSPS) is 26.8. The predicted octanol–water partition coefficient (Wildman–Crippen LogP) is 0.818. The second kappa shape index (κ2) is 3.26. The summed E-state index contributed by atoms with van der Waals surface area (Å²) in [5.74, 6) is 0. The van der Waals surface area contributed by atoms with E-state index in [0.29, 0.717) is 6.04 Å². The fraction of sp³-hybridized carbons (Fsp3) is 0.571. The first-order valence-electron chi connectivity index (χ1n) is 3.23. The molecule has 0 saturated carbocycles. The molecular formula is C7H10N2. The molecule has 48 valence electrons. The van der Waals surface area contributed by atoms with Crippen molar-refractivity contribution in [2.24, 2.45) is 0 Å². The molecule has 1 fully saturated rings. The molecule has 1 heterocycles. The van der Waals surface area contributed by atoms with Gasteiger partial charge in [-0.25, -0.2) is 0 Å². The highest BCUT2D eigenvalue weighted by Crippen LogP contribution is 2.04. The summed E-state index contributed by atoms with van der Waals surface area (Å²) >= 11 is 0. The summed E-state index contributed by atoms with van der Waals surface area (Å²) in [6.45, 7) is 1.10. The van der Waals surface area contributed by atoms with Crippen LogP contribution in [0.25, 0.3) is 0 Å². The third-order valence-electron chi connectivity index (χ3n) is 1.50. The van der Waals surface area contributed by atoms with E-state index in [4.69, 9.17) is 5.26 Å². The minimum absolute atomic E-state index is 0.463. The molecule has 2 nitrogen and oxygen atoms in total. The Labute approximate surface area is 55.2 Å². The second-order valence-electron chi connectivity index (χ2n) is 2.19. The van der Waals surface area contributed by atoms with Crippen LogP contribution in [0.2, 0.25) is 0 Å². The Morgan fingerprint density at radius 2 is 2.56 bits per heavy atom. The SMILES string of the molecule is N#CC=CC1CCCN1. The van der Waals surface area contributed by atoms with Gasteiger partial charge in [0, 0.05) is 12.1 Å². The maximum atomic E-state index is 8.16. The molecule has 1 saturated heterocycles. The molecule has 1 rings (SSSR count). The van der Waals surface area contributed by atoms with E-state index in [1.165, 1.54) is 12.8 Å². The van der Waals surface area contributed by atoms with Crippen molar-refractivity contribution in [3.63, 3.8) is 0 Å². The molecule has 2 heteroatoms. The van der Waals surface area contributed by atoms with Gasteiger partial charge in [-0.05, 0) is 19.4 Å². The summed E-state index contributed by atoms with van der Waals surface area (Å²) < 4.78 is 0. The van der Waals surface area contributed by atoms with Crippen molar-refractivity contribution in [2.75, 3.05) is 6.54 Å². The second-order valence-corrected chi connectivity index (χ2v) is 2.19. The Kier molecular flexibility index (Phi) is 2.29. The summed E-state index contributed by atoms with van der Waals surface area (Å²) in [7, 11) is 0. The van der Waals surface area contributed by atoms with Crippen LogP contribution in [0.15, 0.2) is 12.2 Å². The minimum atomic E-state index is 0.463. The van der Waals surface area contributed by atoms with Crippen molar-refractivity contribution >= 4 is 0 Å². The summed E-state index contributed by atoms with van der Waals surface area (Å²) in [4.78, 5) is 0. The van der Waals surface area contributed by atoms with Crippen LogP contribution < -0.4 is 5.32 Å². The van der Waals surface area contributed by atoms with E-state index in [0.717, 1.165) is 6.54 Å². The van der Waals surface area contributed by atoms with Gasteiger partial charge in [-0.3, -0.25) is 0 Å². The van der Waals surface area contributed by atoms with Gasteiger partial charge in [0.05, 0.1) is 6.07 Å². The van der Waals surface area contributed by atoms with Crippen LogP contribution in [0.5, 0.6) is 0 Å². The first kappa shape index (κ1) is 6.31. The average Bonchev–Trinajstić information content (AvgIpc) is 2.34. The molecule has 1 aliphatic heterocycles. The predicted molar refractivity (Wildman–Crippen MR) is 35.8 cm³/mol. The van der Waals surface area contributed by atoms with Crippen molar-refractivity contribution < 1.29 is 0 Å². The summed E-state index contributed by atoms with van der Waals surface area (Å²) in [6, 6.07) is 2.44. The fourth-order valence-corrected chi connectivity index (χ4v) is 1.03.